The van der Waals surface area contributed by atoms with Crippen LogP contribution in [0.15, 0.2) is 60.7 Å². The van der Waals surface area contributed by atoms with Crippen molar-refractivity contribution in [3.8, 4) is 11.4 Å². The molecule has 1 amide bonds. The lowest BCUT2D eigenvalue weighted by molar-refractivity contribution is -0.145. The van der Waals surface area contributed by atoms with Gasteiger partial charge in [-0.3, -0.25) is 9.59 Å². The van der Waals surface area contributed by atoms with Gasteiger partial charge in [0.15, 0.2) is 12.6 Å². The predicted octanol–water partition coefficient (Wildman–Crippen LogP) is 3.01. The van der Waals surface area contributed by atoms with Crippen LogP contribution in [-0.4, -0.2) is 53.2 Å². The standard InChI is InChI=1S/C26H28N2O6/c1-4-33-21-12-10-20(11-13-21)28-17(2)14-22(18(28)3)24(30)16-34-26(32)23(15-29)27-25(31)19-8-6-5-7-9-19/h5-14,23,29H,4,15-16H2,1-3H3,(H,27,31). The summed E-state index contributed by atoms with van der Waals surface area (Å²) in [5, 5.41) is 11.9. The number of amides is 1. The summed E-state index contributed by atoms with van der Waals surface area (Å²) >= 11 is 0. The third-order valence-electron chi connectivity index (χ3n) is 5.29. The van der Waals surface area contributed by atoms with Gasteiger partial charge >= 0.3 is 5.97 Å². The molecule has 8 heteroatoms. The zero-order chi connectivity index (χ0) is 24.7. The van der Waals surface area contributed by atoms with Gasteiger partial charge in [-0.15, -0.1) is 0 Å². The lowest BCUT2D eigenvalue weighted by atomic mass is 10.1. The van der Waals surface area contributed by atoms with Crippen molar-refractivity contribution in [3.63, 3.8) is 0 Å². The molecule has 0 aliphatic carbocycles. The number of aliphatic hydroxyl groups excluding tert-OH is 1. The van der Waals surface area contributed by atoms with Gasteiger partial charge in [0.25, 0.3) is 5.91 Å². The van der Waals surface area contributed by atoms with E-state index in [4.69, 9.17) is 9.47 Å². The number of benzene rings is 2. The minimum Gasteiger partial charge on any atom is -0.494 e. The van der Waals surface area contributed by atoms with Crippen LogP contribution in [0.3, 0.4) is 0 Å². The van der Waals surface area contributed by atoms with Gasteiger partial charge in [0, 0.05) is 28.2 Å². The average molecular weight is 465 g/mol. The van der Waals surface area contributed by atoms with E-state index in [0.29, 0.717) is 23.4 Å². The molecule has 0 spiro atoms. The molecule has 1 heterocycles. The van der Waals surface area contributed by atoms with Crippen LogP contribution in [0.1, 0.15) is 39.0 Å². The minimum atomic E-state index is -1.28. The third-order valence-corrected chi connectivity index (χ3v) is 5.29. The smallest absolute Gasteiger partial charge is 0.331 e. The van der Waals surface area contributed by atoms with Crippen LogP contribution in [-0.2, 0) is 9.53 Å². The van der Waals surface area contributed by atoms with Crippen LogP contribution in [0.4, 0.5) is 0 Å². The maximum absolute atomic E-state index is 12.8. The Labute approximate surface area is 198 Å². The van der Waals surface area contributed by atoms with Crippen LogP contribution in [0.5, 0.6) is 5.75 Å². The molecule has 0 bridgehead atoms. The molecule has 3 rings (SSSR count). The largest absolute Gasteiger partial charge is 0.494 e. The summed E-state index contributed by atoms with van der Waals surface area (Å²) in [4.78, 5) is 37.4. The Kier molecular flexibility index (Phi) is 8.21. The van der Waals surface area contributed by atoms with E-state index in [1.165, 1.54) is 0 Å². The number of aliphatic hydroxyl groups is 1. The molecule has 178 valence electrons. The van der Waals surface area contributed by atoms with Crippen LogP contribution < -0.4 is 10.1 Å². The van der Waals surface area contributed by atoms with Crippen LogP contribution in [0.2, 0.25) is 0 Å². The highest BCUT2D eigenvalue weighted by atomic mass is 16.5. The molecule has 1 unspecified atom stereocenters. The molecule has 0 aliphatic rings. The molecule has 0 aliphatic heterocycles. The van der Waals surface area contributed by atoms with Crippen molar-refractivity contribution in [1.82, 2.24) is 9.88 Å². The Balaban J connectivity index is 1.65. The van der Waals surface area contributed by atoms with Gasteiger partial charge < -0.3 is 24.5 Å². The van der Waals surface area contributed by atoms with Gasteiger partial charge in [0.05, 0.1) is 13.2 Å². The number of hydrogen-bond acceptors (Lipinski definition) is 6. The summed E-state index contributed by atoms with van der Waals surface area (Å²) < 4.78 is 12.5. The van der Waals surface area contributed by atoms with Gasteiger partial charge in [-0.25, -0.2) is 4.79 Å². The topological polar surface area (TPSA) is 107 Å². The fourth-order valence-corrected chi connectivity index (χ4v) is 3.63. The van der Waals surface area contributed by atoms with E-state index in [0.717, 1.165) is 17.1 Å². The normalized spacial score (nSPS) is 11.5. The highest BCUT2D eigenvalue weighted by Crippen LogP contribution is 2.23. The molecule has 1 atom stereocenters. The van der Waals surface area contributed by atoms with Gasteiger partial charge in [-0.2, -0.15) is 0 Å². The van der Waals surface area contributed by atoms with Crippen molar-refractivity contribution in [2.45, 2.75) is 26.8 Å². The molecular formula is C26H28N2O6. The van der Waals surface area contributed by atoms with E-state index >= 15 is 0 Å². The fourth-order valence-electron chi connectivity index (χ4n) is 3.63. The number of nitrogens with zero attached hydrogens (tertiary/aromatic N) is 1. The molecule has 34 heavy (non-hydrogen) atoms. The minimum absolute atomic E-state index is 0.339. The molecule has 0 radical (unpaired) electrons. The molecule has 2 aromatic carbocycles. The number of rotatable bonds is 10. The Bertz CT molecular complexity index is 1150. The number of aromatic nitrogens is 1. The number of Topliss-reactive ketones (excluding diaryl/α,β-unsaturated/α-hetero) is 1. The summed E-state index contributed by atoms with van der Waals surface area (Å²) in [5.74, 6) is -1.04. The van der Waals surface area contributed by atoms with Crippen molar-refractivity contribution in [1.29, 1.82) is 0 Å². The van der Waals surface area contributed by atoms with Crippen molar-refractivity contribution >= 4 is 17.7 Å². The molecular weight excluding hydrogens is 436 g/mol. The Morgan fingerprint density at radius 3 is 2.32 bits per heavy atom. The first-order valence-corrected chi connectivity index (χ1v) is 10.9. The van der Waals surface area contributed by atoms with Crippen LogP contribution in [0.25, 0.3) is 5.69 Å². The number of ketones is 1. The summed E-state index contributed by atoms with van der Waals surface area (Å²) in [6, 6.07) is 16.3. The Morgan fingerprint density at radius 1 is 1.03 bits per heavy atom. The van der Waals surface area contributed by atoms with E-state index in [-0.39, 0.29) is 5.78 Å². The van der Waals surface area contributed by atoms with Crippen molar-refractivity contribution < 1.29 is 29.0 Å². The van der Waals surface area contributed by atoms with E-state index in [9.17, 15) is 19.5 Å². The number of aryl methyl sites for hydroxylation is 1. The first kappa shape index (κ1) is 24.7. The van der Waals surface area contributed by atoms with Crippen LogP contribution >= 0.6 is 0 Å². The zero-order valence-electron chi connectivity index (χ0n) is 19.4. The monoisotopic (exact) mass is 464 g/mol. The molecule has 0 saturated carbocycles. The quantitative estimate of drug-likeness (QED) is 0.353. The number of carbonyl (C=O) groups excluding carboxylic acids is 3. The number of carbonyl (C=O) groups is 3. The van der Waals surface area contributed by atoms with E-state index in [1.807, 2.05) is 49.6 Å². The lowest BCUT2D eigenvalue weighted by Gasteiger charge is -2.15. The highest BCUT2D eigenvalue weighted by molar-refractivity contribution is 6.00. The molecule has 0 saturated heterocycles. The molecule has 8 nitrogen and oxygen atoms in total. The van der Waals surface area contributed by atoms with E-state index in [2.05, 4.69) is 5.32 Å². The zero-order valence-corrected chi connectivity index (χ0v) is 19.4. The maximum atomic E-state index is 12.8. The molecule has 0 fully saturated rings. The van der Waals surface area contributed by atoms with Crippen molar-refractivity contribution in [2.24, 2.45) is 0 Å². The summed E-state index contributed by atoms with van der Waals surface area (Å²) in [5.41, 5.74) is 3.19. The van der Waals surface area contributed by atoms with E-state index in [1.54, 1.807) is 36.4 Å². The van der Waals surface area contributed by atoms with Crippen molar-refractivity contribution in [3.05, 3.63) is 83.2 Å². The van der Waals surface area contributed by atoms with Gasteiger partial charge in [-0.05, 0) is 63.2 Å². The number of hydrogen-bond donors (Lipinski definition) is 2. The predicted molar refractivity (Wildman–Crippen MR) is 126 cm³/mol. The Hall–Kier alpha value is -3.91. The maximum Gasteiger partial charge on any atom is 0.331 e. The SMILES string of the molecule is CCOc1ccc(-n2c(C)cc(C(=O)COC(=O)C(CO)NC(=O)c3ccccc3)c2C)cc1. The van der Waals surface area contributed by atoms with Gasteiger partial charge in [-0.1, -0.05) is 18.2 Å². The highest BCUT2D eigenvalue weighted by Gasteiger charge is 2.24. The van der Waals surface area contributed by atoms with Gasteiger partial charge in [0.1, 0.15) is 5.75 Å². The molecule has 2 N–H and O–H groups in total. The molecule has 3 aromatic rings. The Morgan fingerprint density at radius 2 is 1.71 bits per heavy atom. The summed E-state index contributed by atoms with van der Waals surface area (Å²) in [6.07, 6.45) is 0. The van der Waals surface area contributed by atoms with E-state index < -0.39 is 31.1 Å². The number of ether oxygens (including phenoxy) is 2. The number of nitrogens with one attached hydrogen (secondary N) is 1. The number of esters is 1. The fraction of sp³-hybridized carbons (Fsp3) is 0.269. The van der Waals surface area contributed by atoms with Gasteiger partial charge in [0.2, 0.25) is 5.78 Å². The summed E-state index contributed by atoms with van der Waals surface area (Å²) in [6.45, 7) is 5.02. The first-order valence-electron chi connectivity index (χ1n) is 10.9. The average Bonchev–Trinajstić information content (AvgIpc) is 3.15. The van der Waals surface area contributed by atoms with Crippen LogP contribution in [0, 0.1) is 13.8 Å². The second kappa shape index (κ2) is 11.3. The second-order valence-corrected chi connectivity index (χ2v) is 7.65. The first-order chi connectivity index (χ1) is 16.3. The van der Waals surface area contributed by atoms with Crippen molar-refractivity contribution in [2.75, 3.05) is 19.8 Å². The summed E-state index contributed by atoms with van der Waals surface area (Å²) in [7, 11) is 0. The molecule has 1 aromatic heterocycles. The third kappa shape index (κ3) is 5.71. The second-order valence-electron chi connectivity index (χ2n) is 7.65. The lowest BCUT2D eigenvalue weighted by Crippen LogP contribution is -2.44.